The molecule has 2 N–H and O–H groups in total. The monoisotopic (exact) mass is 324 g/mol. The van der Waals surface area contributed by atoms with Crippen molar-refractivity contribution < 1.29 is 24.5 Å². The smallest absolute Gasteiger partial charge is 0.356 e. The Labute approximate surface area is 130 Å². The number of benzene rings is 1. The summed E-state index contributed by atoms with van der Waals surface area (Å²) in [6.45, 7) is 0.893. The minimum absolute atomic E-state index is 0.0947. The molecule has 2 heterocycles. The van der Waals surface area contributed by atoms with E-state index >= 15 is 0 Å². The molecule has 22 heavy (non-hydrogen) atoms. The van der Waals surface area contributed by atoms with E-state index in [-0.39, 0.29) is 22.0 Å². The second-order valence-corrected chi connectivity index (χ2v) is 5.21. The van der Waals surface area contributed by atoms with Gasteiger partial charge in [-0.1, -0.05) is 11.6 Å². The molecule has 0 unspecified atom stereocenters. The van der Waals surface area contributed by atoms with Crippen molar-refractivity contribution in [3.8, 4) is 28.5 Å². The maximum absolute atomic E-state index is 11.1. The maximum atomic E-state index is 11.1. The lowest BCUT2D eigenvalue weighted by Gasteiger charge is -2.15. The van der Waals surface area contributed by atoms with Gasteiger partial charge in [-0.15, -0.1) is 0 Å². The van der Waals surface area contributed by atoms with Crippen LogP contribution in [0.2, 0.25) is 5.02 Å². The molecule has 7 nitrogen and oxygen atoms in total. The molecule has 1 aliphatic heterocycles. The minimum Gasteiger partial charge on any atom is -0.506 e. The molecule has 2 aromatic rings. The first kappa shape index (κ1) is 14.5. The van der Waals surface area contributed by atoms with Crippen LogP contribution < -0.4 is 9.47 Å². The summed E-state index contributed by atoms with van der Waals surface area (Å²) in [6.07, 6.45) is 0.693. The van der Waals surface area contributed by atoms with E-state index in [1.54, 1.807) is 7.05 Å². The molecular weight excluding hydrogens is 312 g/mol. The summed E-state index contributed by atoms with van der Waals surface area (Å²) in [5, 5.41) is 23.4. The SMILES string of the molecule is Cn1nc(C(=O)O)cc1-c1c(O)c(Cl)cc2c1OCCCO2. The standard InChI is InChI=1S/C14H13ClN2O5/c1-17-9(6-8(16-17)14(19)20)11-12(18)7(15)5-10-13(11)22-4-2-3-21-10/h5-6,18H,2-4H2,1H3,(H,19,20). The summed E-state index contributed by atoms with van der Waals surface area (Å²) in [6, 6.07) is 2.83. The highest BCUT2D eigenvalue weighted by Gasteiger charge is 2.26. The van der Waals surface area contributed by atoms with E-state index in [0.29, 0.717) is 36.8 Å². The van der Waals surface area contributed by atoms with Crippen LogP contribution in [-0.4, -0.2) is 39.2 Å². The Morgan fingerprint density at radius 2 is 2.09 bits per heavy atom. The number of aromatic nitrogens is 2. The van der Waals surface area contributed by atoms with E-state index in [9.17, 15) is 9.90 Å². The molecule has 0 aliphatic carbocycles. The third-order valence-electron chi connectivity index (χ3n) is 3.32. The summed E-state index contributed by atoms with van der Waals surface area (Å²) < 4.78 is 12.6. The van der Waals surface area contributed by atoms with Crippen LogP contribution >= 0.6 is 11.6 Å². The topological polar surface area (TPSA) is 93.8 Å². The second kappa shape index (κ2) is 5.42. The highest BCUT2D eigenvalue weighted by Crippen LogP contribution is 2.48. The van der Waals surface area contributed by atoms with Crippen LogP contribution in [0.4, 0.5) is 0 Å². The van der Waals surface area contributed by atoms with Crippen molar-refractivity contribution in [2.75, 3.05) is 13.2 Å². The highest BCUT2D eigenvalue weighted by atomic mass is 35.5. The van der Waals surface area contributed by atoms with Crippen molar-refractivity contribution in [2.24, 2.45) is 7.05 Å². The Hall–Kier alpha value is -2.41. The Bertz CT molecular complexity index is 756. The molecule has 1 aromatic heterocycles. The van der Waals surface area contributed by atoms with Crippen molar-refractivity contribution in [1.82, 2.24) is 9.78 Å². The molecular formula is C14H13ClN2O5. The Morgan fingerprint density at radius 3 is 2.77 bits per heavy atom. The number of halogens is 1. The van der Waals surface area contributed by atoms with Gasteiger partial charge in [-0.25, -0.2) is 4.79 Å². The molecule has 8 heteroatoms. The van der Waals surface area contributed by atoms with Gasteiger partial charge >= 0.3 is 5.97 Å². The number of rotatable bonds is 2. The number of fused-ring (bicyclic) bond motifs is 1. The molecule has 0 saturated heterocycles. The largest absolute Gasteiger partial charge is 0.506 e. The van der Waals surface area contributed by atoms with Crippen LogP contribution in [0, 0.1) is 0 Å². The summed E-state index contributed by atoms with van der Waals surface area (Å²) in [5.41, 5.74) is 0.506. The van der Waals surface area contributed by atoms with E-state index < -0.39 is 5.97 Å². The van der Waals surface area contributed by atoms with Crippen molar-refractivity contribution in [3.63, 3.8) is 0 Å². The number of aromatic hydroxyl groups is 1. The fraction of sp³-hybridized carbons (Fsp3) is 0.286. The number of aromatic carboxylic acids is 1. The van der Waals surface area contributed by atoms with Crippen LogP contribution in [0.15, 0.2) is 12.1 Å². The maximum Gasteiger partial charge on any atom is 0.356 e. The fourth-order valence-electron chi connectivity index (χ4n) is 2.31. The lowest BCUT2D eigenvalue weighted by Crippen LogP contribution is -2.01. The van der Waals surface area contributed by atoms with Crippen molar-refractivity contribution in [1.29, 1.82) is 0 Å². The van der Waals surface area contributed by atoms with Crippen LogP contribution in [0.1, 0.15) is 16.9 Å². The molecule has 0 spiro atoms. The number of nitrogens with zero attached hydrogens (tertiary/aromatic N) is 2. The van der Waals surface area contributed by atoms with Crippen LogP contribution in [0.25, 0.3) is 11.3 Å². The minimum atomic E-state index is -1.16. The Kier molecular flexibility index (Phi) is 3.58. The summed E-state index contributed by atoms with van der Waals surface area (Å²) in [5.74, 6) is -0.620. The number of hydrogen-bond donors (Lipinski definition) is 2. The van der Waals surface area contributed by atoms with Gasteiger partial charge in [0.25, 0.3) is 0 Å². The molecule has 0 amide bonds. The van der Waals surface area contributed by atoms with Gasteiger partial charge in [0.1, 0.15) is 5.75 Å². The molecule has 0 atom stereocenters. The summed E-state index contributed by atoms with van der Waals surface area (Å²) in [7, 11) is 1.58. The zero-order valence-electron chi connectivity index (χ0n) is 11.7. The van der Waals surface area contributed by atoms with Gasteiger partial charge < -0.3 is 19.7 Å². The van der Waals surface area contributed by atoms with Crippen molar-refractivity contribution in [3.05, 3.63) is 22.8 Å². The van der Waals surface area contributed by atoms with Gasteiger partial charge in [0.05, 0.1) is 29.5 Å². The molecule has 116 valence electrons. The van der Waals surface area contributed by atoms with Gasteiger partial charge in [-0.2, -0.15) is 5.10 Å². The highest BCUT2D eigenvalue weighted by molar-refractivity contribution is 6.32. The fourth-order valence-corrected chi connectivity index (χ4v) is 2.50. The van der Waals surface area contributed by atoms with E-state index in [2.05, 4.69) is 5.10 Å². The number of phenolic OH excluding ortho intramolecular Hbond substituents is 1. The molecule has 0 saturated carbocycles. The van der Waals surface area contributed by atoms with Crippen LogP contribution in [0.5, 0.6) is 17.2 Å². The quantitative estimate of drug-likeness (QED) is 0.880. The van der Waals surface area contributed by atoms with Crippen molar-refractivity contribution >= 4 is 17.6 Å². The first-order valence-electron chi connectivity index (χ1n) is 6.58. The van der Waals surface area contributed by atoms with Gasteiger partial charge in [0.2, 0.25) is 0 Å². The Balaban J connectivity index is 2.25. The number of carbonyl (C=O) groups is 1. The van der Waals surface area contributed by atoms with Gasteiger partial charge in [-0.3, -0.25) is 4.68 Å². The second-order valence-electron chi connectivity index (χ2n) is 4.80. The predicted octanol–water partition coefficient (Wildman–Crippen LogP) is 2.31. The first-order valence-corrected chi connectivity index (χ1v) is 6.95. The summed E-state index contributed by atoms with van der Waals surface area (Å²) in [4.78, 5) is 11.1. The lowest BCUT2D eigenvalue weighted by atomic mass is 10.1. The molecule has 1 aliphatic rings. The van der Waals surface area contributed by atoms with Gasteiger partial charge in [0.15, 0.2) is 17.2 Å². The first-order chi connectivity index (χ1) is 10.5. The Morgan fingerprint density at radius 1 is 1.36 bits per heavy atom. The predicted molar refractivity (Wildman–Crippen MR) is 77.9 cm³/mol. The zero-order valence-corrected chi connectivity index (χ0v) is 12.4. The molecule has 3 rings (SSSR count). The van der Waals surface area contributed by atoms with E-state index in [0.717, 1.165) is 0 Å². The number of carboxylic acid groups (broad SMARTS) is 1. The van der Waals surface area contributed by atoms with Crippen LogP contribution in [0.3, 0.4) is 0 Å². The third-order valence-corrected chi connectivity index (χ3v) is 3.61. The average Bonchev–Trinajstić information content (AvgIpc) is 2.70. The number of aryl methyl sites for hydroxylation is 1. The third kappa shape index (κ3) is 2.33. The molecule has 1 aromatic carbocycles. The summed E-state index contributed by atoms with van der Waals surface area (Å²) >= 11 is 6.04. The van der Waals surface area contributed by atoms with E-state index in [4.69, 9.17) is 26.2 Å². The van der Waals surface area contributed by atoms with Crippen molar-refractivity contribution in [2.45, 2.75) is 6.42 Å². The number of carboxylic acids is 1. The lowest BCUT2D eigenvalue weighted by molar-refractivity contribution is 0.0689. The van der Waals surface area contributed by atoms with E-state index in [1.807, 2.05) is 0 Å². The van der Waals surface area contributed by atoms with E-state index in [1.165, 1.54) is 16.8 Å². The molecule has 0 radical (unpaired) electrons. The zero-order chi connectivity index (χ0) is 15.9. The van der Waals surface area contributed by atoms with Gasteiger partial charge in [-0.05, 0) is 6.07 Å². The number of phenols is 1. The van der Waals surface area contributed by atoms with Crippen LogP contribution in [-0.2, 0) is 7.05 Å². The van der Waals surface area contributed by atoms with Gasteiger partial charge in [0, 0.05) is 19.5 Å². The normalized spacial score (nSPS) is 13.7. The number of ether oxygens (including phenoxy) is 2. The molecule has 0 fully saturated rings. The average molecular weight is 325 g/mol. The molecule has 0 bridgehead atoms. The number of hydrogen-bond acceptors (Lipinski definition) is 5.